The second kappa shape index (κ2) is 6.07. The highest BCUT2D eigenvalue weighted by Gasteiger charge is 2.43. The molecule has 1 saturated carbocycles. The van der Waals surface area contributed by atoms with Crippen LogP contribution < -0.4 is 4.90 Å². The van der Waals surface area contributed by atoms with Gasteiger partial charge >= 0.3 is 6.03 Å². The first kappa shape index (κ1) is 14.9. The molecule has 3 heterocycles. The minimum atomic E-state index is -0.0714. The van der Waals surface area contributed by atoms with Gasteiger partial charge in [-0.15, -0.1) is 16.6 Å². The number of carbonyl (C=O) groups excluding carboxylic acids is 1. The molecule has 3 fully saturated rings. The summed E-state index contributed by atoms with van der Waals surface area (Å²) < 4.78 is 5.43. The molecular formula is C15H19N5O2S. The van der Waals surface area contributed by atoms with Gasteiger partial charge in [-0.25, -0.2) is 9.69 Å². The molecule has 0 spiro atoms. The average Bonchev–Trinajstić information content (AvgIpc) is 3.23. The molecule has 1 unspecified atom stereocenters. The van der Waals surface area contributed by atoms with Crippen molar-refractivity contribution >= 4 is 22.5 Å². The van der Waals surface area contributed by atoms with E-state index < -0.39 is 0 Å². The third kappa shape index (κ3) is 2.80. The summed E-state index contributed by atoms with van der Waals surface area (Å²) in [6.45, 7) is 3.93. The third-order valence-corrected chi connectivity index (χ3v) is 5.56. The summed E-state index contributed by atoms with van der Waals surface area (Å²) in [5.74, 6) is 3.12. The van der Waals surface area contributed by atoms with Gasteiger partial charge in [0.15, 0.2) is 0 Å². The van der Waals surface area contributed by atoms with E-state index in [0.717, 1.165) is 18.1 Å². The SMILES string of the molecule is C#CCN1CC(N2CCOCC2)N(c2nnc(C3CC3)s2)C1=O. The van der Waals surface area contributed by atoms with E-state index in [4.69, 9.17) is 11.2 Å². The van der Waals surface area contributed by atoms with Crippen molar-refractivity contribution in [1.82, 2.24) is 20.0 Å². The second-order valence-corrected chi connectivity index (χ2v) is 7.05. The van der Waals surface area contributed by atoms with Gasteiger partial charge in [0, 0.05) is 19.0 Å². The predicted octanol–water partition coefficient (Wildman–Crippen LogP) is 0.949. The molecule has 23 heavy (non-hydrogen) atoms. The fourth-order valence-electron chi connectivity index (χ4n) is 3.06. The van der Waals surface area contributed by atoms with E-state index in [1.165, 1.54) is 24.2 Å². The number of ether oxygens (including phenoxy) is 1. The van der Waals surface area contributed by atoms with E-state index in [0.29, 0.717) is 37.4 Å². The normalized spacial score (nSPS) is 25.9. The Balaban J connectivity index is 1.60. The molecule has 7 nitrogen and oxygen atoms in total. The Labute approximate surface area is 139 Å². The molecule has 3 aliphatic rings. The van der Waals surface area contributed by atoms with Crippen molar-refractivity contribution in [3.05, 3.63) is 5.01 Å². The van der Waals surface area contributed by atoms with Crippen LogP contribution in [0.4, 0.5) is 9.93 Å². The Hall–Kier alpha value is -1.69. The molecule has 1 atom stereocenters. The van der Waals surface area contributed by atoms with Gasteiger partial charge in [-0.05, 0) is 12.8 Å². The van der Waals surface area contributed by atoms with Crippen LogP contribution in [-0.2, 0) is 4.74 Å². The van der Waals surface area contributed by atoms with Crippen molar-refractivity contribution in [3.8, 4) is 12.3 Å². The maximum absolute atomic E-state index is 12.8. The molecule has 0 aromatic carbocycles. The van der Waals surface area contributed by atoms with Crippen LogP contribution in [0.25, 0.3) is 0 Å². The van der Waals surface area contributed by atoms with Crippen molar-refractivity contribution in [2.45, 2.75) is 24.9 Å². The molecule has 1 aliphatic carbocycles. The zero-order chi connectivity index (χ0) is 15.8. The number of morpholine rings is 1. The summed E-state index contributed by atoms with van der Waals surface area (Å²) in [4.78, 5) is 18.5. The molecule has 1 aromatic rings. The number of carbonyl (C=O) groups is 1. The first-order valence-electron chi connectivity index (χ1n) is 7.94. The molecule has 2 aliphatic heterocycles. The van der Waals surface area contributed by atoms with E-state index in [1.807, 2.05) is 0 Å². The van der Waals surface area contributed by atoms with Gasteiger partial charge < -0.3 is 9.64 Å². The smallest absolute Gasteiger partial charge is 0.328 e. The summed E-state index contributed by atoms with van der Waals surface area (Å²) in [7, 11) is 0. The Bertz CT molecular complexity index is 632. The zero-order valence-electron chi connectivity index (χ0n) is 12.8. The summed E-state index contributed by atoms with van der Waals surface area (Å²) in [5.41, 5.74) is 0. The van der Waals surface area contributed by atoms with Crippen molar-refractivity contribution in [3.63, 3.8) is 0 Å². The maximum Gasteiger partial charge on any atom is 0.328 e. The lowest BCUT2D eigenvalue weighted by molar-refractivity contribution is 0.0192. The van der Waals surface area contributed by atoms with Gasteiger partial charge in [-0.3, -0.25) is 4.90 Å². The number of hydrogen-bond acceptors (Lipinski definition) is 6. The van der Waals surface area contributed by atoms with Crippen molar-refractivity contribution in [2.75, 3.05) is 44.3 Å². The topological polar surface area (TPSA) is 61.8 Å². The Morgan fingerprint density at radius 3 is 2.78 bits per heavy atom. The molecule has 8 heteroatoms. The molecule has 0 bridgehead atoms. The van der Waals surface area contributed by atoms with E-state index in [9.17, 15) is 4.79 Å². The van der Waals surface area contributed by atoms with Crippen LogP contribution in [0.15, 0.2) is 0 Å². The first-order valence-corrected chi connectivity index (χ1v) is 8.76. The van der Waals surface area contributed by atoms with Crippen molar-refractivity contribution in [2.24, 2.45) is 0 Å². The van der Waals surface area contributed by atoms with Crippen LogP contribution in [0, 0.1) is 12.3 Å². The summed E-state index contributed by atoms with van der Waals surface area (Å²) in [5, 5.41) is 10.3. The number of amides is 2. The molecule has 0 N–H and O–H groups in total. The number of aromatic nitrogens is 2. The number of urea groups is 1. The van der Waals surface area contributed by atoms with Gasteiger partial charge in [-0.2, -0.15) is 0 Å². The summed E-state index contributed by atoms with van der Waals surface area (Å²) in [6.07, 6.45) is 7.73. The van der Waals surface area contributed by atoms with Gasteiger partial charge in [0.2, 0.25) is 5.13 Å². The lowest BCUT2D eigenvalue weighted by Crippen LogP contribution is -2.51. The van der Waals surface area contributed by atoms with Crippen LogP contribution in [0.5, 0.6) is 0 Å². The van der Waals surface area contributed by atoms with Crippen molar-refractivity contribution < 1.29 is 9.53 Å². The predicted molar refractivity (Wildman–Crippen MR) is 86.3 cm³/mol. The average molecular weight is 333 g/mol. The first-order chi connectivity index (χ1) is 11.3. The van der Waals surface area contributed by atoms with Crippen molar-refractivity contribution in [1.29, 1.82) is 0 Å². The van der Waals surface area contributed by atoms with Crippen LogP contribution in [0.2, 0.25) is 0 Å². The van der Waals surface area contributed by atoms with E-state index >= 15 is 0 Å². The monoisotopic (exact) mass is 333 g/mol. The highest BCUT2D eigenvalue weighted by atomic mass is 32.1. The molecule has 2 amide bonds. The molecule has 2 saturated heterocycles. The van der Waals surface area contributed by atoms with E-state index in [-0.39, 0.29) is 12.2 Å². The lowest BCUT2D eigenvalue weighted by atomic mass is 10.3. The Morgan fingerprint density at radius 1 is 1.30 bits per heavy atom. The minimum absolute atomic E-state index is 0.0419. The van der Waals surface area contributed by atoms with E-state index in [1.54, 1.807) is 9.80 Å². The number of rotatable bonds is 4. The Morgan fingerprint density at radius 2 is 2.09 bits per heavy atom. The number of nitrogens with zero attached hydrogens (tertiary/aromatic N) is 5. The second-order valence-electron chi connectivity index (χ2n) is 6.06. The molecule has 1 aromatic heterocycles. The fourth-order valence-corrected chi connectivity index (χ4v) is 4.11. The van der Waals surface area contributed by atoms with Crippen LogP contribution in [0.3, 0.4) is 0 Å². The Kier molecular flexibility index (Phi) is 3.93. The quantitative estimate of drug-likeness (QED) is 0.768. The van der Waals surface area contributed by atoms with Crippen LogP contribution in [-0.4, -0.2) is 71.6 Å². The number of anilines is 1. The third-order valence-electron chi connectivity index (χ3n) is 4.47. The van der Waals surface area contributed by atoms with Crippen LogP contribution in [0.1, 0.15) is 23.8 Å². The highest BCUT2D eigenvalue weighted by molar-refractivity contribution is 7.15. The fraction of sp³-hybridized carbons (Fsp3) is 0.667. The highest BCUT2D eigenvalue weighted by Crippen LogP contribution is 2.43. The van der Waals surface area contributed by atoms with E-state index in [2.05, 4.69) is 21.0 Å². The lowest BCUT2D eigenvalue weighted by Gasteiger charge is -2.34. The molecule has 4 rings (SSSR count). The molecular weight excluding hydrogens is 314 g/mol. The molecule has 0 radical (unpaired) electrons. The largest absolute Gasteiger partial charge is 0.379 e. The summed E-state index contributed by atoms with van der Waals surface area (Å²) in [6, 6.07) is -0.0714. The summed E-state index contributed by atoms with van der Waals surface area (Å²) >= 11 is 1.54. The van der Waals surface area contributed by atoms with Gasteiger partial charge in [0.05, 0.1) is 26.3 Å². The van der Waals surface area contributed by atoms with Gasteiger partial charge in [-0.1, -0.05) is 17.3 Å². The zero-order valence-corrected chi connectivity index (χ0v) is 13.7. The maximum atomic E-state index is 12.8. The number of terminal acetylenes is 1. The van der Waals surface area contributed by atoms with Gasteiger partial charge in [0.25, 0.3) is 0 Å². The number of hydrogen-bond donors (Lipinski definition) is 0. The van der Waals surface area contributed by atoms with Crippen LogP contribution >= 0.6 is 11.3 Å². The standard InChI is InChI=1S/C15H19N5O2S/c1-2-5-19-10-12(18-6-8-22-9-7-18)20(15(19)21)14-17-16-13(23-14)11-3-4-11/h1,11-12H,3-10H2. The minimum Gasteiger partial charge on any atom is -0.379 e. The molecule has 122 valence electrons. The van der Waals surface area contributed by atoms with Gasteiger partial charge in [0.1, 0.15) is 11.2 Å².